The smallest absolute Gasteiger partial charge is 0.224 e. The van der Waals surface area contributed by atoms with Crippen molar-refractivity contribution in [3.05, 3.63) is 70.5 Å². The number of benzene rings is 2. The Morgan fingerprint density at radius 2 is 1.88 bits per heavy atom. The van der Waals surface area contributed by atoms with Crippen LogP contribution in [0.4, 0.5) is 4.39 Å². The Labute approximate surface area is 148 Å². The lowest BCUT2D eigenvalue weighted by molar-refractivity contribution is -0.121. The van der Waals surface area contributed by atoms with Crippen molar-refractivity contribution in [3.63, 3.8) is 0 Å². The number of carbonyl (C=O) groups excluding carboxylic acids is 1. The van der Waals surface area contributed by atoms with Crippen LogP contribution >= 0.6 is 11.6 Å². The van der Waals surface area contributed by atoms with Gasteiger partial charge in [0, 0.05) is 11.1 Å². The highest BCUT2D eigenvalue weighted by Crippen LogP contribution is 2.28. The van der Waals surface area contributed by atoms with Crippen molar-refractivity contribution in [3.8, 4) is 0 Å². The predicted octanol–water partition coefficient (Wildman–Crippen LogP) is 4.89. The van der Waals surface area contributed by atoms with Crippen LogP contribution in [0.3, 0.4) is 0 Å². The molecule has 0 saturated carbocycles. The molecule has 1 N–H and O–H groups in total. The zero-order chi connectivity index (χ0) is 17.7. The summed E-state index contributed by atoms with van der Waals surface area (Å²) in [6.45, 7) is 6.29. The van der Waals surface area contributed by atoms with Gasteiger partial charge in [0.1, 0.15) is 5.82 Å². The summed E-state index contributed by atoms with van der Waals surface area (Å²) in [5.41, 5.74) is 1.53. The molecule has 0 fully saturated rings. The molecule has 128 valence electrons. The predicted molar refractivity (Wildman–Crippen MR) is 96.8 cm³/mol. The lowest BCUT2D eigenvalue weighted by Gasteiger charge is -2.29. The quantitative estimate of drug-likeness (QED) is 0.791. The van der Waals surface area contributed by atoms with E-state index in [2.05, 4.69) is 31.3 Å². The van der Waals surface area contributed by atoms with E-state index in [1.807, 2.05) is 25.1 Å². The van der Waals surface area contributed by atoms with Crippen molar-refractivity contribution in [1.29, 1.82) is 0 Å². The molecule has 4 heteroatoms. The highest BCUT2D eigenvalue weighted by Gasteiger charge is 2.24. The fourth-order valence-corrected chi connectivity index (χ4v) is 3.15. The van der Waals surface area contributed by atoms with Crippen LogP contribution in [0, 0.1) is 5.82 Å². The topological polar surface area (TPSA) is 29.1 Å². The van der Waals surface area contributed by atoms with E-state index < -0.39 is 5.82 Å². The van der Waals surface area contributed by atoms with Crippen LogP contribution in [0.15, 0.2) is 48.5 Å². The minimum atomic E-state index is -0.449. The van der Waals surface area contributed by atoms with Gasteiger partial charge in [-0.15, -0.1) is 0 Å². The van der Waals surface area contributed by atoms with E-state index >= 15 is 0 Å². The van der Waals surface area contributed by atoms with E-state index in [-0.39, 0.29) is 23.8 Å². The van der Waals surface area contributed by atoms with Gasteiger partial charge in [-0.1, -0.05) is 61.8 Å². The fraction of sp³-hybridized carbons (Fsp3) is 0.350. The molecule has 0 spiro atoms. The summed E-state index contributed by atoms with van der Waals surface area (Å²) in [6, 6.07) is 14.6. The Morgan fingerprint density at radius 3 is 2.50 bits per heavy atom. The van der Waals surface area contributed by atoms with E-state index in [9.17, 15) is 9.18 Å². The van der Waals surface area contributed by atoms with Crippen molar-refractivity contribution in [1.82, 2.24) is 5.32 Å². The van der Waals surface area contributed by atoms with E-state index in [0.29, 0.717) is 10.6 Å². The van der Waals surface area contributed by atoms with Gasteiger partial charge in [-0.3, -0.25) is 4.79 Å². The molecule has 2 nitrogen and oxygen atoms in total. The first-order chi connectivity index (χ1) is 11.3. The van der Waals surface area contributed by atoms with E-state index in [0.717, 1.165) is 6.42 Å². The molecular formula is C20H23ClFNO. The van der Waals surface area contributed by atoms with Crippen molar-refractivity contribution in [2.45, 2.75) is 45.1 Å². The van der Waals surface area contributed by atoms with Gasteiger partial charge in [-0.05, 0) is 42.0 Å². The molecule has 0 aliphatic carbocycles. The molecule has 0 aromatic heterocycles. The Hall–Kier alpha value is -1.87. The second kappa shape index (κ2) is 7.80. The van der Waals surface area contributed by atoms with Crippen molar-refractivity contribution < 1.29 is 9.18 Å². The molecule has 0 saturated heterocycles. The molecule has 2 aromatic rings. The minimum Gasteiger partial charge on any atom is -0.353 e. The second-order valence-corrected chi connectivity index (χ2v) is 7.27. The van der Waals surface area contributed by atoms with Gasteiger partial charge in [0.15, 0.2) is 0 Å². The van der Waals surface area contributed by atoms with E-state index in [1.165, 1.54) is 11.6 Å². The molecule has 24 heavy (non-hydrogen) atoms. The lowest BCUT2D eigenvalue weighted by atomic mass is 9.79. The van der Waals surface area contributed by atoms with Crippen LogP contribution < -0.4 is 5.32 Å². The van der Waals surface area contributed by atoms with Gasteiger partial charge in [0.25, 0.3) is 0 Å². The summed E-state index contributed by atoms with van der Waals surface area (Å²) >= 11 is 5.73. The highest BCUT2D eigenvalue weighted by molar-refractivity contribution is 6.30. The third kappa shape index (κ3) is 5.07. The number of hydrogen-bond acceptors (Lipinski definition) is 1. The monoisotopic (exact) mass is 347 g/mol. The van der Waals surface area contributed by atoms with Crippen LogP contribution in [0.5, 0.6) is 0 Å². The normalized spacial score (nSPS) is 12.7. The van der Waals surface area contributed by atoms with E-state index in [1.54, 1.807) is 12.1 Å². The molecule has 2 rings (SSSR count). The first-order valence-electron chi connectivity index (χ1n) is 8.07. The van der Waals surface area contributed by atoms with Crippen LogP contribution in [0.1, 0.15) is 38.3 Å². The van der Waals surface area contributed by atoms with Crippen LogP contribution in [-0.2, 0) is 16.6 Å². The Morgan fingerprint density at radius 1 is 1.21 bits per heavy atom. The maximum absolute atomic E-state index is 13.8. The maximum atomic E-state index is 13.8. The second-order valence-electron chi connectivity index (χ2n) is 6.84. The van der Waals surface area contributed by atoms with Gasteiger partial charge in [-0.25, -0.2) is 4.39 Å². The zero-order valence-corrected chi connectivity index (χ0v) is 15.0. The van der Waals surface area contributed by atoms with E-state index in [4.69, 9.17) is 11.6 Å². The third-order valence-electron chi connectivity index (χ3n) is 4.15. The summed E-state index contributed by atoms with van der Waals surface area (Å²) in [6.07, 6.45) is 0.810. The number of amides is 1. The maximum Gasteiger partial charge on any atom is 0.224 e. The Kier molecular flexibility index (Phi) is 6.00. The molecule has 0 aliphatic heterocycles. The van der Waals surface area contributed by atoms with Crippen LogP contribution in [-0.4, -0.2) is 11.9 Å². The first kappa shape index (κ1) is 18.5. The standard InChI is InChI=1S/C20H23ClFNO/c1-14(13-20(2,3)16-7-5-4-6-8-16)23-19(24)11-15-9-10-17(21)12-18(15)22/h4-10,12,14H,11,13H2,1-3H3,(H,23,24)/t14-/m0/s1. The van der Waals surface area contributed by atoms with Gasteiger partial charge in [0.05, 0.1) is 6.42 Å². The molecule has 0 radical (unpaired) electrons. The Bertz CT molecular complexity index is 700. The van der Waals surface area contributed by atoms with Gasteiger partial charge < -0.3 is 5.32 Å². The molecular weight excluding hydrogens is 325 g/mol. The molecule has 0 bridgehead atoms. The molecule has 2 aromatic carbocycles. The summed E-state index contributed by atoms with van der Waals surface area (Å²) in [5.74, 6) is -0.637. The van der Waals surface area contributed by atoms with Gasteiger partial charge in [-0.2, -0.15) is 0 Å². The number of nitrogens with one attached hydrogen (secondary N) is 1. The molecule has 1 amide bonds. The minimum absolute atomic E-state index is 0.0110. The number of hydrogen-bond donors (Lipinski definition) is 1. The SMILES string of the molecule is C[C@@H](CC(C)(C)c1ccccc1)NC(=O)Cc1ccc(Cl)cc1F. The van der Waals surface area contributed by atoms with Gasteiger partial charge in [0.2, 0.25) is 5.91 Å². The number of halogens is 2. The average Bonchev–Trinajstić information content (AvgIpc) is 2.50. The summed E-state index contributed by atoms with van der Waals surface area (Å²) in [7, 11) is 0. The highest BCUT2D eigenvalue weighted by atomic mass is 35.5. The average molecular weight is 348 g/mol. The third-order valence-corrected chi connectivity index (χ3v) is 4.38. The summed E-state index contributed by atoms with van der Waals surface area (Å²) in [5, 5.41) is 3.29. The zero-order valence-electron chi connectivity index (χ0n) is 14.3. The van der Waals surface area contributed by atoms with Crippen molar-refractivity contribution in [2.24, 2.45) is 0 Å². The number of carbonyl (C=O) groups is 1. The molecule has 0 heterocycles. The van der Waals surface area contributed by atoms with Crippen molar-refractivity contribution in [2.75, 3.05) is 0 Å². The Balaban J connectivity index is 1.94. The summed E-state index contributed by atoms with van der Waals surface area (Å²) < 4.78 is 13.8. The largest absolute Gasteiger partial charge is 0.353 e. The molecule has 0 aliphatic rings. The van der Waals surface area contributed by atoms with Gasteiger partial charge >= 0.3 is 0 Å². The summed E-state index contributed by atoms with van der Waals surface area (Å²) in [4.78, 5) is 12.2. The lowest BCUT2D eigenvalue weighted by Crippen LogP contribution is -2.38. The first-order valence-corrected chi connectivity index (χ1v) is 8.44. The number of rotatable bonds is 6. The van der Waals surface area contributed by atoms with Crippen LogP contribution in [0.2, 0.25) is 5.02 Å². The fourth-order valence-electron chi connectivity index (χ4n) is 2.99. The molecule has 0 unspecified atom stereocenters. The molecule has 1 atom stereocenters. The van der Waals surface area contributed by atoms with Crippen molar-refractivity contribution >= 4 is 17.5 Å². The van der Waals surface area contributed by atoms with Crippen LogP contribution in [0.25, 0.3) is 0 Å².